The Hall–Kier alpha value is -3.56. The second kappa shape index (κ2) is 7.36. The van der Waals surface area contributed by atoms with E-state index in [9.17, 15) is 4.79 Å². The Morgan fingerprint density at radius 2 is 1.67 bits per heavy atom. The minimum absolute atomic E-state index is 0.436. The van der Waals surface area contributed by atoms with Crippen LogP contribution in [0.1, 0.15) is 15.9 Å². The largest absolute Gasteiger partial charge is 0.366 e. The molecule has 2 N–H and O–H groups in total. The molecule has 0 unspecified atom stereocenters. The van der Waals surface area contributed by atoms with Crippen molar-refractivity contribution < 1.29 is 4.79 Å². The van der Waals surface area contributed by atoms with Gasteiger partial charge in [-0.3, -0.25) is 4.79 Å². The van der Waals surface area contributed by atoms with Gasteiger partial charge in [0.25, 0.3) is 0 Å². The first kappa shape index (κ1) is 18.5. The number of nitrogens with two attached hydrogens (primary N) is 1. The average Bonchev–Trinajstić information content (AvgIpc) is 3.08. The smallest absolute Gasteiger partial charge is 0.249 e. The molecule has 145 valence electrons. The molecule has 0 atom stereocenters. The number of primary amides is 1. The van der Waals surface area contributed by atoms with Crippen LogP contribution in [0, 0.1) is 6.07 Å². The molecule has 4 aromatic carbocycles. The van der Waals surface area contributed by atoms with Crippen molar-refractivity contribution in [2.75, 3.05) is 0 Å². The van der Waals surface area contributed by atoms with E-state index in [1.807, 2.05) is 60.7 Å². The number of carbonyl (C=O) groups excluding carboxylic acids is 1. The second-order valence-corrected chi connectivity index (χ2v) is 7.73. The number of fused-ring (bicyclic) bond motifs is 3. The standard InChI is InChI=1S/C26H18ClN2O/c27-20-12-9-18(10-13-20)19-11-14-21-24(15-19)29(16-17-5-2-1-3-6-17)23-8-4-7-22(25(21)23)26(28)30/h1-13,15H,16H2,(H2,28,30). The lowest BCUT2D eigenvalue weighted by molar-refractivity contribution is 0.100. The third kappa shape index (κ3) is 3.14. The Bertz CT molecular complexity index is 1390. The normalized spacial score (nSPS) is 11.2. The van der Waals surface area contributed by atoms with Crippen molar-refractivity contribution in [3.8, 4) is 11.1 Å². The highest BCUT2D eigenvalue weighted by atomic mass is 35.5. The molecule has 0 aliphatic carbocycles. The number of benzene rings is 4. The van der Waals surface area contributed by atoms with Crippen molar-refractivity contribution in [3.63, 3.8) is 0 Å². The van der Waals surface area contributed by atoms with Crippen molar-refractivity contribution in [1.82, 2.24) is 4.57 Å². The molecule has 5 aromatic rings. The molecule has 4 heteroatoms. The van der Waals surface area contributed by atoms with E-state index in [1.54, 1.807) is 6.07 Å². The summed E-state index contributed by atoms with van der Waals surface area (Å²) in [5.41, 5.74) is 11.5. The van der Waals surface area contributed by atoms with Gasteiger partial charge in [-0.15, -0.1) is 0 Å². The lowest BCUT2D eigenvalue weighted by atomic mass is 10.0. The van der Waals surface area contributed by atoms with Gasteiger partial charge in [0.2, 0.25) is 5.91 Å². The van der Waals surface area contributed by atoms with Crippen LogP contribution in [-0.2, 0) is 6.54 Å². The minimum Gasteiger partial charge on any atom is -0.366 e. The highest BCUT2D eigenvalue weighted by Gasteiger charge is 2.17. The number of hydrogen-bond acceptors (Lipinski definition) is 1. The van der Waals surface area contributed by atoms with E-state index in [2.05, 4.69) is 28.8 Å². The molecule has 0 aliphatic heterocycles. The van der Waals surface area contributed by atoms with Gasteiger partial charge in [0.1, 0.15) is 0 Å². The first-order valence-electron chi connectivity index (χ1n) is 9.68. The molecule has 1 heterocycles. The number of hydrogen-bond donors (Lipinski definition) is 1. The lowest BCUT2D eigenvalue weighted by Gasteiger charge is -2.09. The van der Waals surface area contributed by atoms with Gasteiger partial charge in [-0.05, 0) is 59.2 Å². The molecule has 5 rings (SSSR count). The summed E-state index contributed by atoms with van der Waals surface area (Å²) >= 11 is 6.05. The average molecular weight is 410 g/mol. The molecular formula is C26H18ClN2O. The molecule has 1 aromatic heterocycles. The van der Waals surface area contributed by atoms with Gasteiger partial charge in [0.05, 0.1) is 11.0 Å². The first-order chi connectivity index (χ1) is 14.6. The van der Waals surface area contributed by atoms with Crippen molar-refractivity contribution in [1.29, 1.82) is 0 Å². The number of aromatic nitrogens is 1. The Kier molecular flexibility index (Phi) is 4.53. The molecule has 0 spiro atoms. The number of rotatable bonds is 4. The fraction of sp³-hybridized carbons (Fsp3) is 0.0385. The van der Waals surface area contributed by atoms with E-state index < -0.39 is 5.91 Å². The molecule has 1 amide bonds. The predicted octanol–water partition coefficient (Wildman–Crippen LogP) is 6.06. The minimum atomic E-state index is -0.436. The van der Waals surface area contributed by atoms with E-state index >= 15 is 0 Å². The van der Waals surface area contributed by atoms with Gasteiger partial charge in [0, 0.05) is 27.9 Å². The van der Waals surface area contributed by atoms with E-state index in [-0.39, 0.29) is 0 Å². The maximum Gasteiger partial charge on any atom is 0.249 e. The fourth-order valence-electron chi connectivity index (χ4n) is 4.01. The van der Waals surface area contributed by atoms with Crippen LogP contribution >= 0.6 is 11.6 Å². The van der Waals surface area contributed by atoms with E-state index in [0.717, 1.165) is 32.9 Å². The topological polar surface area (TPSA) is 48.0 Å². The Morgan fingerprint density at radius 1 is 0.900 bits per heavy atom. The van der Waals surface area contributed by atoms with Crippen molar-refractivity contribution in [2.45, 2.75) is 6.54 Å². The maximum absolute atomic E-state index is 12.1. The van der Waals surface area contributed by atoms with Crippen LogP contribution in [0.3, 0.4) is 0 Å². The monoisotopic (exact) mass is 409 g/mol. The van der Waals surface area contributed by atoms with E-state index in [1.165, 1.54) is 5.56 Å². The zero-order valence-electron chi connectivity index (χ0n) is 16.1. The van der Waals surface area contributed by atoms with Gasteiger partial charge in [-0.25, -0.2) is 0 Å². The van der Waals surface area contributed by atoms with Crippen LogP contribution in [0.5, 0.6) is 0 Å². The van der Waals surface area contributed by atoms with E-state index in [4.69, 9.17) is 17.3 Å². The van der Waals surface area contributed by atoms with Crippen molar-refractivity contribution in [3.05, 3.63) is 107 Å². The van der Waals surface area contributed by atoms with Gasteiger partial charge in [0.15, 0.2) is 0 Å². The van der Waals surface area contributed by atoms with Crippen LogP contribution in [-0.4, -0.2) is 10.5 Å². The molecule has 3 nitrogen and oxygen atoms in total. The summed E-state index contributed by atoms with van der Waals surface area (Å²) in [7, 11) is 0. The molecule has 30 heavy (non-hydrogen) atoms. The Balaban J connectivity index is 1.80. The summed E-state index contributed by atoms with van der Waals surface area (Å²) in [5, 5.41) is 2.44. The highest BCUT2D eigenvalue weighted by molar-refractivity contribution is 6.30. The molecule has 0 bridgehead atoms. The van der Waals surface area contributed by atoms with E-state index in [0.29, 0.717) is 17.1 Å². The van der Waals surface area contributed by atoms with Gasteiger partial charge >= 0.3 is 0 Å². The second-order valence-electron chi connectivity index (χ2n) is 7.29. The Morgan fingerprint density at radius 3 is 2.40 bits per heavy atom. The van der Waals surface area contributed by atoms with Gasteiger partial charge in [-0.1, -0.05) is 60.1 Å². The summed E-state index contributed by atoms with van der Waals surface area (Å²) in [6, 6.07) is 31.2. The van der Waals surface area contributed by atoms with Crippen molar-refractivity contribution in [2.24, 2.45) is 5.73 Å². The quantitative estimate of drug-likeness (QED) is 0.385. The number of nitrogens with zero attached hydrogens (tertiary/aromatic N) is 1. The number of halogens is 1. The lowest BCUT2D eigenvalue weighted by Crippen LogP contribution is -2.11. The molecule has 0 fully saturated rings. The molecule has 0 aliphatic rings. The summed E-state index contributed by atoms with van der Waals surface area (Å²) in [6.45, 7) is 0.682. The zero-order valence-corrected chi connectivity index (χ0v) is 16.9. The number of amides is 1. The molecular weight excluding hydrogens is 392 g/mol. The SMILES string of the molecule is NC(=O)c1cccc2c1c1[c]cc(-c3ccc(Cl)cc3)cc1n2Cc1ccccc1. The van der Waals surface area contributed by atoms with Crippen LogP contribution in [0.15, 0.2) is 84.9 Å². The van der Waals surface area contributed by atoms with Crippen molar-refractivity contribution >= 4 is 39.3 Å². The van der Waals surface area contributed by atoms with Gasteiger partial charge < -0.3 is 10.3 Å². The van der Waals surface area contributed by atoms with Gasteiger partial charge in [-0.2, -0.15) is 0 Å². The molecule has 1 radical (unpaired) electrons. The summed E-state index contributed by atoms with van der Waals surface area (Å²) in [5.74, 6) is -0.436. The molecule has 0 saturated heterocycles. The first-order valence-corrected chi connectivity index (χ1v) is 10.1. The van der Waals surface area contributed by atoms with Crippen LogP contribution in [0.25, 0.3) is 32.9 Å². The van der Waals surface area contributed by atoms with Crippen LogP contribution < -0.4 is 5.73 Å². The summed E-state index contributed by atoms with van der Waals surface area (Å²) in [6.07, 6.45) is 0. The third-order valence-corrected chi connectivity index (χ3v) is 5.67. The maximum atomic E-state index is 12.1. The van der Waals surface area contributed by atoms with Crippen LogP contribution in [0.2, 0.25) is 5.02 Å². The fourth-order valence-corrected chi connectivity index (χ4v) is 4.13. The Labute approximate surface area is 179 Å². The molecule has 0 saturated carbocycles. The zero-order chi connectivity index (χ0) is 20.7. The number of carbonyl (C=O) groups is 1. The van der Waals surface area contributed by atoms with Crippen LogP contribution in [0.4, 0.5) is 0 Å². The predicted molar refractivity (Wildman–Crippen MR) is 123 cm³/mol. The summed E-state index contributed by atoms with van der Waals surface area (Å²) in [4.78, 5) is 12.1. The highest BCUT2D eigenvalue weighted by Crippen LogP contribution is 2.35. The third-order valence-electron chi connectivity index (χ3n) is 5.42. The summed E-state index contributed by atoms with van der Waals surface area (Å²) < 4.78 is 2.22.